The Morgan fingerprint density at radius 3 is 2.76 bits per heavy atom. The molecular formula is C25H22N6O3. The van der Waals surface area contributed by atoms with E-state index in [4.69, 9.17) is 4.74 Å². The van der Waals surface area contributed by atoms with E-state index in [0.717, 1.165) is 16.8 Å². The number of fused-ring (bicyclic) bond motifs is 1. The van der Waals surface area contributed by atoms with Crippen molar-refractivity contribution in [3.63, 3.8) is 0 Å². The van der Waals surface area contributed by atoms with Crippen LogP contribution in [0.15, 0.2) is 72.9 Å². The highest BCUT2D eigenvalue weighted by Gasteiger charge is 2.32. The average Bonchev–Trinajstić information content (AvgIpc) is 3.31. The van der Waals surface area contributed by atoms with Gasteiger partial charge >= 0.3 is 0 Å². The zero-order valence-corrected chi connectivity index (χ0v) is 18.4. The van der Waals surface area contributed by atoms with E-state index in [0.29, 0.717) is 23.7 Å². The maximum absolute atomic E-state index is 13.1. The largest absolute Gasteiger partial charge is 0.489 e. The van der Waals surface area contributed by atoms with E-state index in [9.17, 15) is 9.59 Å². The number of H-pyrrole nitrogens is 1. The monoisotopic (exact) mass is 454 g/mol. The minimum atomic E-state index is -0.890. The molecule has 9 nitrogen and oxygen atoms in total. The molecule has 0 saturated carbocycles. The highest BCUT2D eigenvalue weighted by atomic mass is 16.5. The number of pyridine rings is 1. The second-order valence-electron chi connectivity index (χ2n) is 7.90. The Bertz CT molecular complexity index is 1320. The zero-order valence-electron chi connectivity index (χ0n) is 18.4. The summed E-state index contributed by atoms with van der Waals surface area (Å²) in [7, 11) is 1.65. The minimum Gasteiger partial charge on any atom is -0.489 e. The SMILES string of the molecule is CN1C(=O)C(NC(=O)c2n[nH]c(Cc3ccccc3)n2)COc2ccc(-c3ccccn3)cc21. The molecule has 3 heterocycles. The lowest BCUT2D eigenvalue weighted by molar-refractivity contribution is -0.120. The van der Waals surface area contributed by atoms with Crippen molar-refractivity contribution >= 4 is 17.5 Å². The van der Waals surface area contributed by atoms with E-state index in [1.54, 1.807) is 19.3 Å². The number of aromatic nitrogens is 4. The van der Waals surface area contributed by atoms with Crippen LogP contribution in [-0.2, 0) is 11.2 Å². The summed E-state index contributed by atoms with van der Waals surface area (Å²) < 4.78 is 5.87. The van der Waals surface area contributed by atoms with Gasteiger partial charge in [-0.05, 0) is 35.9 Å². The number of carbonyl (C=O) groups is 2. The molecule has 1 atom stereocenters. The van der Waals surface area contributed by atoms with Gasteiger partial charge in [0.1, 0.15) is 24.2 Å². The Kier molecular flexibility index (Phi) is 5.73. The molecule has 0 saturated heterocycles. The van der Waals surface area contributed by atoms with E-state index in [2.05, 4.69) is 25.5 Å². The standard InChI is InChI=1S/C25H22N6O3/c1-31-20-14-17(18-9-5-6-12-26-18)10-11-21(20)34-15-19(25(31)33)27-24(32)23-28-22(29-30-23)13-16-7-3-2-4-8-16/h2-12,14,19H,13,15H2,1H3,(H,27,32)(H,28,29,30). The first-order valence-corrected chi connectivity index (χ1v) is 10.8. The smallest absolute Gasteiger partial charge is 0.291 e. The fourth-order valence-corrected chi connectivity index (χ4v) is 3.78. The van der Waals surface area contributed by atoms with Crippen molar-refractivity contribution < 1.29 is 14.3 Å². The number of amides is 2. The highest BCUT2D eigenvalue weighted by Crippen LogP contribution is 2.34. The van der Waals surface area contributed by atoms with Gasteiger partial charge in [0, 0.05) is 25.2 Å². The Morgan fingerprint density at radius 2 is 1.97 bits per heavy atom. The maximum Gasteiger partial charge on any atom is 0.291 e. The van der Waals surface area contributed by atoms with Gasteiger partial charge in [0.25, 0.3) is 11.8 Å². The van der Waals surface area contributed by atoms with Crippen LogP contribution in [0.3, 0.4) is 0 Å². The number of ether oxygens (including phenoxy) is 1. The molecule has 0 bridgehead atoms. The lowest BCUT2D eigenvalue weighted by Gasteiger charge is -2.20. The summed E-state index contributed by atoms with van der Waals surface area (Å²) in [4.78, 5) is 36.0. The third kappa shape index (κ3) is 4.36. The van der Waals surface area contributed by atoms with Crippen LogP contribution < -0.4 is 15.0 Å². The Morgan fingerprint density at radius 1 is 1.15 bits per heavy atom. The predicted molar refractivity (Wildman–Crippen MR) is 125 cm³/mol. The predicted octanol–water partition coefficient (Wildman–Crippen LogP) is 2.61. The second kappa shape index (κ2) is 9.14. The molecule has 170 valence electrons. The van der Waals surface area contributed by atoms with Gasteiger partial charge in [-0.3, -0.25) is 19.7 Å². The molecule has 2 aromatic carbocycles. The first-order chi connectivity index (χ1) is 16.6. The number of anilines is 1. The third-order valence-corrected chi connectivity index (χ3v) is 5.57. The van der Waals surface area contributed by atoms with E-state index < -0.39 is 11.9 Å². The molecule has 2 aromatic heterocycles. The van der Waals surface area contributed by atoms with Crippen LogP contribution in [-0.4, -0.2) is 51.7 Å². The minimum absolute atomic E-state index is 0.00780. The molecular weight excluding hydrogens is 432 g/mol. The van der Waals surface area contributed by atoms with E-state index in [1.165, 1.54) is 4.90 Å². The average molecular weight is 454 g/mol. The first kappa shape index (κ1) is 21.3. The van der Waals surface area contributed by atoms with Crippen molar-refractivity contribution in [1.82, 2.24) is 25.5 Å². The van der Waals surface area contributed by atoms with Gasteiger partial charge in [0.15, 0.2) is 0 Å². The number of nitrogens with zero attached hydrogens (tertiary/aromatic N) is 4. The molecule has 1 aliphatic heterocycles. The molecule has 34 heavy (non-hydrogen) atoms. The number of rotatable bonds is 5. The highest BCUT2D eigenvalue weighted by molar-refractivity contribution is 6.02. The van der Waals surface area contributed by atoms with Crippen molar-refractivity contribution in [2.45, 2.75) is 12.5 Å². The number of likely N-dealkylation sites (N-methyl/N-ethyl adjacent to an activating group) is 1. The molecule has 0 fully saturated rings. The van der Waals surface area contributed by atoms with Crippen LogP contribution in [0.2, 0.25) is 0 Å². The van der Waals surface area contributed by atoms with Gasteiger partial charge in [0.2, 0.25) is 5.82 Å². The number of hydrogen-bond donors (Lipinski definition) is 2. The molecule has 1 unspecified atom stereocenters. The summed E-state index contributed by atoms with van der Waals surface area (Å²) in [6.45, 7) is -0.00780. The van der Waals surface area contributed by atoms with E-state index in [-0.39, 0.29) is 18.3 Å². The van der Waals surface area contributed by atoms with Crippen LogP contribution in [0.5, 0.6) is 5.75 Å². The Labute approximate surface area is 195 Å². The molecule has 9 heteroatoms. The molecule has 0 radical (unpaired) electrons. The summed E-state index contributed by atoms with van der Waals surface area (Å²) in [5.74, 6) is 0.235. The third-order valence-electron chi connectivity index (χ3n) is 5.57. The van der Waals surface area contributed by atoms with Crippen LogP contribution in [0.1, 0.15) is 22.0 Å². The molecule has 2 amide bonds. The number of nitrogens with one attached hydrogen (secondary N) is 2. The van der Waals surface area contributed by atoms with Crippen molar-refractivity contribution in [1.29, 1.82) is 0 Å². The summed E-state index contributed by atoms with van der Waals surface area (Å²) >= 11 is 0. The number of aromatic amines is 1. The van der Waals surface area contributed by atoms with Gasteiger partial charge < -0.3 is 15.0 Å². The van der Waals surface area contributed by atoms with Gasteiger partial charge in [-0.1, -0.05) is 36.4 Å². The number of benzene rings is 2. The van der Waals surface area contributed by atoms with Gasteiger partial charge in [-0.15, -0.1) is 5.10 Å². The molecule has 2 N–H and O–H groups in total. The van der Waals surface area contributed by atoms with Crippen LogP contribution in [0.25, 0.3) is 11.3 Å². The topological polar surface area (TPSA) is 113 Å². The van der Waals surface area contributed by atoms with Crippen molar-refractivity contribution in [3.05, 3.63) is 90.1 Å². The summed E-state index contributed by atoms with van der Waals surface area (Å²) in [5.41, 5.74) is 3.29. The fourth-order valence-electron chi connectivity index (χ4n) is 3.78. The fraction of sp³-hybridized carbons (Fsp3) is 0.160. The zero-order chi connectivity index (χ0) is 23.5. The van der Waals surface area contributed by atoms with Gasteiger partial charge in [-0.25, -0.2) is 4.98 Å². The summed E-state index contributed by atoms with van der Waals surface area (Å²) in [6, 6.07) is 20.0. The first-order valence-electron chi connectivity index (χ1n) is 10.8. The van der Waals surface area contributed by atoms with Crippen LogP contribution in [0, 0.1) is 0 Å². The van der Waals surface area contributed by atoms with Crippen molar-refractivity contribution in [3.8, 4) is 17.0 Å². The number of hydrogen-bond acceptors (Lipinski definition) is 6. The molecule has 5 rings (SSSR count). The molecule has 1 aliphatic rings. The lowest BCUT2D eigenvalue weighted by atomic mass is 10.1. The Hall–Kier alpha value is -4.53. The van der Waals surface area contributed by atoms with Crippen LogP contribution in [0.4, 0.5) is 5.69 Å². The summed E-state index contributed by atoms with van der Waals surface area (Å²) in [5, 5.41) is 9.50. The normalized spacial score (nSPS) is 15.3. The molecule has 0 aliphatic carbocycles. The van der Waals surface area contributed by atoms with Gasteiger partial charge in [-0.2, -0.15) is 0 Å². The maximum atomic E-state index is 13.1. The second-order valence-corrected chi connectivity index (χ2v) is 7.90. The van der Waals surface area contributed by atoms with Crippen LogP contribution >= 0.6 is 0 Å². The lowest BCUT2D eigenvalue weighted by Crippen LogP contribution is -2.49. The Balaban J connectivity index is 1.30. The summed E-state index contributed by atoms with van der Waals surface area (Å²) in [6.07, 6.45) is 2.23. The van der Waals surface area contributed by atoms with Crippen molar-refractivity contribution in [2.24, 2.45) is 0 Å². The number of carbonyl (C=O) groups excluding carboxylic acids is 2. The quantitative estimate of drug-likeness (QED) is 0.479. The van der Waals surface area contributed by atoms with E-state index in [1.807, 2.05) is 60.7 Å². The molecule has 0 spiro atoms. The van der Waals surface area contributed by atoms with Gasteiger partial charge in [0.05, 0.1) is 11.4 Å². The molecule has 4 aromatic rings. The van der Waals surface area contributed by atoms with E-state index >= 15 is 0 Å². The van der Waals surface area contributed by atoms with Crippen molar-refractivity contribution in [2.75, 3.05) is 18.6 Å².